The number of hydrogen-bond donors (Lipinski definition) is 1. The predicted octanol–water partition coefficient (Wildman–Crippen LogP) is 4.00. The summed E-state index contributed by atoms with van der Waals surface area (Å²) in [4.78, 5) is 23.5. The lowest BCUT2D eigenvalue weighted by atomic mass is 10.1. The Balaban J connectivity index is 1.94. The van der Waals surface area contributed by atoms with Gasteiger partial charge in [0.2, 0.25) is 11.2 Å². The van der Waals surface area contributed by atoms with E-state index in [0.29, 0.717) is 22.5 Å². The third kappa shape index (κ3) is 3.54. The van der Waals surface area contributed by atoms with Crippen LogP contribution in [0.1, 0.15) is 19.4 Å². The topological polar surface area (TPSA) is 86.0 Å². The van der Waals surface area contributed by atoms with Gasteiger partial charge in [0.25, 0.3) is 0 Å². The maximum absolute atomic E-state index is 12.7. The van der Waals surface area contributed by atoms with Crippen LogP contribution in [0.4, 0.5) is 0 Å². The summed E-state index contributed by atoms with van der Waals surface area (Å²) in [5, 5.41) is 9.23. The number of fused-ring (bicyclic) bond motifs is 1. The van der Waals surface area contributed by atoms with Gasteiger partial charge in [0, 0.05) is 6.07 Å². The van der Waals surface area contributed by atoms with Crippen LogP contribution in [0.2, 0.25) is 0 Å². The normalized spacial score (nSPS) is 11.9. The largest absolute Gasteiger partial charge is 0.479 e. The Labute approximate surface area is 149 Å². The molecule has 26 heavy (non-hydrogen) atoms. The molecule has 0 saturated heterocycles. The molecule has 1 unspecified atom stereocenters. The quantitative estimate of drug-likeness (QED) is 0.720. The minimum Gasteiger partial charge on any atom is -0.479 e. The second-order valence-corrected chi connectivity index (χ2v) is 5.75. The first kappa shape index (κ1) is 17.5. The first-order valence-corrected chi connectivity index (χ1v) is 8.20. The van der Waals surface area contributed by atoms with Crippen molar-refractivity contribution in [3.8, 4) is 17.2 Å². The van der Waals surface area contributed by atoms with Gasteiger partial charge in [-0.1, -0.05) is 25.1 Å². The average Bonchev–Trinajstić information content (AvgIpc) is 2.64. The van der Waals surface area contributed by atoms with Crippen LogP contribution in [0.25, 0.3) is 11.0 Å². The van der Waals surface area contributed by atoms with Gasteiger partial charge in [0.1, 0.15) is 23.3 Å². The fraction of sp³-hybridized carbons (Fsp3) is 0.200. The van der Waals surface area contributed by atoms with Gasteiger partial charge in [-0.25, -0.2) is 4.79 Å². The maximum Gasteiger partial charge on any atom is 0.344 e. The minimum absolute atomic E-state index is 0.0889. The molecule has 6 nitrogen and oxygen atoms in total. The molecule has 6 heteroatoms. The Morgan fingerprint density at radius 1 is 1.19 bits per heavy atom. The Bertz CT molecular complexity index is 1000. The lowest BCUT2D eigenvalue weighted by Crippen LogP contribution is -2.22. The number of hydrogen-bond acceptors (Lipinski definition) is 5. The van der Waals surface area contributed by atoms with Gasteiger partial charge in [-0.3, -0.25) is 4.79 Å². The van der Waals surface area contributed by atoms with Crippen molar-refractivity contribution in [2.45, 2.75) is 26.4 Å². The van der Waals surface area contributed by atoms with Crippen LogP contribution in [0.5, 0.6) is 17.2 Å². The minimum atomic E-state index is -1.08. The van der Waals surface area contributed by atoms with Crippen LogP contribution in [0.3, 0.4) is 0 Å². The molecule has 0 spiro atoms. The van der Waals surface area contributed by atoms with E-state index in [-0.39, 0.29) is 11.2 Å². The van der Waals surface area contributed by atoms with Crippen molar-refractivity contribution in [1.82, 2.24) is 0 Å². The standard InChI is InChI=1S/C20H18O6/c1-3-13-6-4-5-7-16(13)26-18-11-24-17-10-14(25-12(2)20(22)23)8-9-15(17)19(18)21/h4-12H,3H2,1-2H3,(H,22,23). The summed E-state index contributed by atoms with van der Waals surface area (Å²) in [5.74, 6) is -0.0757. The molecule has 0 aliphatic carbocycles. The first-order valence-electron chi connectivity index (χ1n) is 8.20. The highest BCUT2D eigenvalue weighted by atomic mass is 16.5. The van der Waals surface area contributed by atoms with E-state index >= 15 is 0 Å². The van der Waals surface area contributed by atoms with Crippen molar-refractivity contribution >= 4 is 16.9 Å². The van der Waals surface area contributed by atoms with Crippen LogP contribution in [-0.2, 0) is 11.2 Å². The number of carbonyl (C=O) groups is 1. The van der Waals surface area contributed by atoms with Gasteiger partial charge in [-0.2, -0.15) is 0 Å². The van der Waals surface area contributed by atoms with E-state index in [2.05, 4.69) is 0 Å². The summed E-state index contributed by atoms with van der Waals surface area (Å²) < 4.78 is 16.5. The smallest absolute Gasteiger partial charge is 0.344 e. The summed E-state index contributed by atoms with van der Waals surface area (Å²) in [6.45, 7) is 3.43. The molecule has 0 saturated carbocycles. The van der Waals surface area contributed by atoms with Gasteiger partial charge >= 0.3 is 5.97 Å². The molecule has 0 amide bonds. The Morgan fingerprint density at radius 3 is 2.69 bits per heavy atom. The maximum atomic E-state index is 12.7. The zero-order valence-electron chi connectivity index (χ0n) is 14.4. The van der Waals surface area contributed by atoms with Crippen molar-refractivity contribution < 1.29 is 23.8 Å². The third-order valence-corrected chi connectivity index (χ3v) is 3.95. The zero-order valence-corrected chi connectivity index (χ0v) is 14.4. The van der Waals surface area contributed by atoms with E-state index in [0.717, 1.165) is 12.0 Å². The highest BCUT2D eigenvalue weighted by molar-refractivity contribution is 5.79. The summed E-state index contributed by atoms with van der Waals surface area (Å²) >= 11 is 0. The van der Waals surface area contributed by atoms with E-state index in [1.165, 1.54) is 31.4 Å². The van der Waals surface area contributed by atoms with Crippen molar-refractivity contribution in [2.75, 3.05) is 0 Å². The summed E-state index contributed by atoms with van der Waals surface area (Å²) in [5.41, 5.74) is 0.967. The number of para-hydroxylation sites is 1. The highest BCUT2D eigenvalue weighted by Gasteiger charge is 2.15. The van der Waals surface area contributed by atoms with Crippen LogP contribution in [-0.4, -0.2) is 17.2 Å². The van der Waals surface area contributed by atoms with Crippen molar-refractivity contribution in [2.24, 2.45) is 0 Å². The third-order valence-electron chi connectivity index (χ3n) is 3.95. The molecule has 1 atom stereocenters. The molecule has 1 aromatic heterocycles. The number of ether oxygens (including phenoxy) is 2. The SMILES string of the molecule is CCc1ccccc1Oc1coc2cc(OC(C)C(=O)O)ccc2c1=O. The molecule has 1 N–H and O–H groups in total. The van der Waals surface area contributed by atoms with Crippen LogP contribution in [0, 0.1) is 0 Å². The molecule has 0 aliphatic heterocycles. The van der Waals surface area contributed by atoms with Gasteiger partial charge in [-0.05, 0) is 37.1 Å². The molecule has 0 fully saturated rings. The van der Waals surface area contributed by atoms with Gasteiger partial charge in [0.05, 0.1) is 5.39 Å². The fourth-order valence-corrected chi connectivity index (χ4v) is 2.50. The average molecular weight is 354 g/mol. The molecule has 134 valence electrons. The number of rotatable bonds is 6. The van der Waals surface area contributed by atoms with Crippen LogP contribution >= 0.6 is 0 Å². The molecule has 0 aliphatic rings. The number of benzene rings is 2. The highest BCUT2D eigenvalue weighted by Crippen LogP contribution is 2.26. The Kier molecular flexibility index (Phi) is 4.93. The van der Waals surface area contributed by atoms with E-state index in [4.69, 9.17) is 19.0 Å². The van der Waals surface area contributed by atoms with E-state index < -0.39 is 12.1 Å². The van der Waals surface area contributed by atoms with E-state index in [1.807, 2.05) is 25.1 Å². The Hall–Kier alpha value is -3.28. The van der Waals surface area contributed by atoms with Gasteiger partial charge in [-0.15, -0.1) is 0 Å². The number of carboxylic acids is 1. The van der Waals surface area contributed by atoms with Crippen molar-refractivity contribution in [3.05, 3.63) is 64.5 Å². The molecule has 3 aromatic rings. The van der Waals surface area contributed by atoms with Crippen LogP contribution in [0.15, 0.2) is 57.9 Å². The van der Waals surface area contributed by atoms with Crippen LogP contribution < -0.4 is 14.9 Å². The molecular weight excluding hydrogens is 336 g/mol. The summed E-state index contributed by atoms with van der Waals surface area (Å²) in [6, 6.07) is 12.0. The monoisotopic (exact) mass is 354 g/mol. The molecule has 0 bridgehead atoms. The fourth-order valence-electron chi connectivity index (χ4n) is 2.50. The molecule has 2 aromatic carbocycles. The lowest BCUT2D eigenvalue weighted by molar-refractivity contribution is -0.144. The van der Waals surface area contributed by atoms with Crippen molar-refractivity contribution in [3.63, 3.8) is 0 Å². The Morgan fingerprint density at radius 2 is 1.96 bits per heavy atom. The van der Waals surface area contributed by atoms with E-state index in [1.54, 1.807) is 6.07 Å². The number of aliphatic carboxylic acids is 1. The molecule has 3 rings (SSSR count). The second-order valence-electron chi connectivity index (χ2n) is 5.75. The first-order chi connectivity index (χ1) is 12.5. The number of carboxylic acid groups (broad SMARTS) is 1. The second kappa shape index (κ2) is 7.31. The molecular formula is C20H18O6. The van der Waals surface area contributed by atoms with Gasteiger partial charge in [0.15, 0.2) is 6.10 Å². The predicted molar refractivity (Wildman–Crippen MR) is 96.1 cm³/mol. The zero-order chi connectivity index (χ0) is 18.7. The summed E-state index contributed by atoms with van der Waals surface area (Å²) in [6.07, 6.45) is 1.02. The molecule has 0 radical (unpaired) electrons. The summed E-state index contributed by atoms with van der Waals surface area (Å²) in [7, 11) is 0. The van der Waals surface area contributed by atoms with Gasteiger partial charge < -0.3 is 19.0 Å². The molecule has 1 heterocycles. The van der Waals surface area contributed by atoms with E-state index in [9.17, 15) is 9.59 Å². The lowest BCUT2D eigenvalue weighted by Gasteiger charge is -2.11. The van der Waals surface area contributed by atoms with Crippen molar-refractivity contribution in [1.29, 1.82) is 0 Å². The number of aryl methyl sites for hydroxylation is 1.